The van der Waals surface area contributed by atoms with Crippen molar-refractivity contribution in [1.82, 2.24) is 4.72 Å². The lowest BCUT2D eigenvalue weighted by Crippen LogP contribution is -2.24. The van der Waals surface area contributed by atoms with E-state index in [1.54, 1.807) is 11.8 Å². The van der Waals surface area contributed by atoms with Gasteiger partial charge in [0, 0.05) is 6.54 Å². The maximum absolute atomic E-state index is 11.8. The van der Waals surface area contributed by atoms with Crippen molar-refractivity contribution >= 4 is 60.7 Å². The largest absolute Gasteiger partial charge is 0.250 e. The number of sulfonamides is 1. The number of rotatable bonds is 7. The average molecular weight is 379 g/mol. The summed E-state index contributed by atoms with van der Waals surface area (Å²) in [6.45, 7) is 0.468. The summed E-state index contributed by atoms with van der Waals surface area (Å²) < 4.78 is 27.1. The van der Waals surface area contributed by atoms with E-state index >= 15 is 0 Å². The average Bonchev–Trinajstić information content (AvgIpc) is 2.60. The van der Waals surface area contributed by atoms with Crippen molar-refractivity contribution in [2.24, 2.45) is 0 Å². The molecule has 0 aliphatic heterocycles. The van der Waals surface area contributed by atoms with E-state index in [1.165, 1.54) is 6.07 Å². The van der Waals surface area contributed by atoms with Gasteiger partial charge in [0.2, 0.25) is 10.0 Å². The Morgan fingerprint density at radius 3 is 2.76 bits per heavy atom. The molecule has 3 nitrogen and oxygen atoms in total. The SMILES string of the molecule is CSCCCCNS(=O)(=O)c1cc(Cl)c(Br)s1. The summed E-state index contributed by atoms with van der Waals surface area (Å²) in [6, 6.07) is 1.46. The van der Waals surface area contributed by atoms with Crippen LogP contribution in [0.3, 0.4) is 0 Å². The molecule has 0 aliphatic carbocycles. The molecule has 98 valence electrons. The first-order valence-corrected chi connectivity index (χ1v) is 9.77. The quantitative estimate of drug-likeness (QED) is 0.738. The molecule has 17 heavy (non-hydrogen) atoms. The zero-order chi connectivity index (χ0) is 12.9. The van der Waals surface area contributed by atoms with Gasteiger partial charge in [0.25, 0.3) is 0 Å². The molecule has 0 saturated heterocycles. The van der Waals surface area contributed by atoms with E-state index in [0.29, 0.717) is 15.4 Å². The molecule has 0 saturated carbocycles. The third kappa shape index (κ3) is 5.08. The summed E-state index contributed by atoms with van der Waals surface area (Å²) in [7, 11) is -3.40. The highest BCUT2D eigenvalue weighted by Crippen LogP contribution is 2.34. The van der Waals surface area contributed by atoms with Crippen molar-refractivity contribution in [3.05, 3.63) is 14.9 Å². The summed E-state index contributed by atoms with van der Waals surface area (Å²) in [4.78, 5) is 0. The van der Waals surface area contributed by atoms with Gasteiger partial charge in [0.15, 0.2) is 0 Å². The number of thioether (sulfide) groups is 1. The van der Waals surface area contributed by atoms with Crippen LogP contribution in [0.5, 0.6) is 0 Å². The summed E-state index contributed by atoms with van der Waals surface area (Å²) in [5, 5.41) is 0.428. The molecular weight excluding hydrogens is 366 g/mol. The van der Waals surface area contributed by atoms with Crippen molar-refractivity contribution in [3.8, 4) is 0 Å². The van der Waals surface area contributed by atoms with Crippen LogP contribution in [-0.2, 0) is 10.0 Å². The first kappa shape index (κ1) is 15.8. The molecule has 0 aliphatic rings. The van der Waals surface area contributed by atoms with Crippen LogP contribution >= 0.6 is 50.6 Å². The highest BCUT2D eigenvalue weighted by molar-refractivity contribution is 9.11. The number of halogens is 2. The van der Waals surface area contributed by atoms with Crippen LogP contribution in [0, 0.1) is 0 Å². The fourth-order valence-electron chi connectivity index (χ4n) is 1.11. The van der Waals surface area contributed by atoms with E-state index in [0.717, 1.165) is 29.9 Å². The first-order valence-electron chi connectivity index (χ1n) is 4.91. The van der Waals surface area contributed by atoms with Crippen LogP contribution < -0.4 is 4.72 Å². The van der Waals surface area contributed by atoms with E-state index in [2.05, 4.69) is 20.7 Å². The van der Waals surface area contributed by atoms with Gasteiger partial charge < -0.3 is 0 Å². The predicted molar refractivity (Wildman–Crippen MR) is 79.8 cm³/mol. The molecule has 1 aromatic rings. The Kier molecular flexibility index (Phi) is 6.83. The van der Waals surface area contributed by atoms with Gasteiger partial charge in [-0.15, -0.1) is 11.3 Å². The van der Waals surface area contributed by atoms with E-state index < -0.39 is 10.0 Å². The van der Waals surface area contributed by atoms with Crippen molar-refractivity contribution in [1.29, 1.82) is 0 Å². The molecule has 1 N–H and O–H groups in total. The topological polar surface area (TPSA) is 46.2 Å². The number of hydrogen-bond donors (Lipinski definition) is 1. The second-order valence-corrected chi connectivity index (χ2v) is 9.04. The standard InChI is InChI=1S/C9H13BrClNO2S3/c1-15-5-3-2-4-12-17(13,14)8-6-7(11)9(10)16-8/h6,12H,2-5H2,1H3. The van der Waals surface area contributed by atoms with Crippen LogP contribution in [-0.4, -0.2) is 27.0 Å². The summed E-state index contributed by atoms with van der Waals surface area (Å²) >= 11 is 11.9. The number of thiophene rings is 1. The molecule has 0 amide bonds. The summed E-state index contributed by atoms with van der Waals surface area (Å²) in [5.41, 5.74) is 0. The lowest BCUT2D eigenvalue weighted by Gasteiger charge is -2.03. The first-order chi connectivity index (χ1) is 7.97. The number of nitrogens with one attached hydrogen (secondary N) is 1. The minimum absolute atomic E-state index is 0.249. The van der Waals surface area contributed by atoms with Crippen LogP contribution in [0.1, 0.15) is 12.8 Å². The fraction of sp³-hybridized carbons (Fsp3) is 0.556. The number of unbranched alkanes of at least 4 members (excludes halogenated alkanes) is 1. The highest BCUT2D eigenvalue weighted by Gasteiger charge is 2.18. The van der Waals surface area contributed by atoms with Gasteiger partial charge in [-0.25, -0.2) is 13.1 Å². The van der Waals surface area contributed by atoms with Crippen molar-refractivity contribution in [2.75, 3.05) is 18.6 Å². The fourth-order valence-corrected chi connectivity index (χ4v) is 5.12. The second kappa shape index (κ2) is 7.35. The lowest BCUT2D eigenvalue weighted by molar-refractivity contribution is 0.580. The molecule has 1 aromatic heterocycles. The molecule has 0 spiro atoms. The Hall–Kier alpha value is 0.730. The van der Waals surface area contributed by atoms with Crippen LogP contribution in [0.15, 0.2) is 14.1 Å². The monoisotopic (exact) mass is 377 g/mol. The Morgan fingerprint density at radius 2 is 2.24 bits per heavy atom. The Morgan fingerprint density at radius 1 is 1.53 bits per heavy atom. The molecule has 1 heterocycles. The maximum Gasteiger partial charge on any atom is 0.250 e. The maximum atomic E-state index is 11.8. The molecule has 1 rings (SSSR count). The van der Waals surface area contributed by atoms with Gasteiger partial charge in [0.1, 0.15) is 4.21 Å². The van der Waals surface area contributed by atoms with Gasteiger partial charge in [-0.3, -0.25) is 0 Å². The van der Waals surface area contributed by atoms with Gasteiger partial charge in [-0.1, -0.05) is 11.6 Å². The van der Waals surface area contributed by atoms with E-state index in [4.69, 9.17) is 11.6 Å². The molecule has 0 unspecified atom stereocenters. The minimum Gasteiger partial charge on any atom is -0.210 e. The Labute approximate surface area is 124 Å². The van der Waals surface area contributed by atoms with E-state index in [1.807, 2.05) is 6.26 Å². The summed E-state index contributed by atoms with van der Waals surface area (Å²) in [5.74, 6) is 1.05. The third-order valence-electron chi connectivity index (χ3n) is 1.95. The smallest absolute Gasteiger partial charge is 0.210 e. The van der Waals surface area contributed by atoms with Gasteiger partial charge in [-0.2, -0.15) is 11.8 Å². The normalized spacial score (nSPS) is 11.9. The molecule has 0 radical (unpaired) electrons. The van der Waals surface area contributed by atoms with Crippen LogP contribution in [0.4, 0.5) is 0 Å². The van der Waals surface area contributed by atoms with Gasteiger partial charge in [0.05, 0.1) is 8.81 Å². The predicted octanol–water partition coefficient (Wildman–Crippen LogP) is 3.59. The van der Waals surface area contributed by atoms with Crippen molar-refractivity contribution < 1.29 is 8.42 Å². The molecule has 0 aromatic carbocycles. The Bertz CT molecular complexity index is 441. The van der Waals surface area contributed by atoms with Crippen LogP contribution in [0.2, 0.25) is 5.02 Å². The van der Waals surface area contributed by atoms with E-state index in [-0.39, 0.29) is 4.21 Å². The zero-order valence-electron chi connectivity index (χ0n) is 9.20. The molecule has 0 atom stereocenters. The zero-order valence-corrected chi connectivity index (χ0v) is 14.0. The van der Waals surface area contributed by atoms with E-state index in [9.17, 15) is 8.42 Å². The summed E-state index contributed by atoms with van der Waals surface area (Å²) in [6.07, 6.45) is 3.90. The Balaban J connectivity index is 2.51. The highest BCUT2D eigenvalue weighted by atomic mass is 79.9. The lowest BCUT2D eigenvalue weighted by atomic mass is 10.3. The van der Waals surface area contributed by atoms with Crippen molar-refractivity contribution in [2.45, 2.75) is 17.1 Å². The second-order valence-electron chi connectivity index (χ2n) is 3.28. The van der Waals surface area contributed by atoms with Gasteiger partial charge in [-0.05, 0) is 46.8 Å². The third-order valence-corrected chi connectivity index (χ3v) is 7.06. The van der Waals surface area contributed by atoms with Crippen LogP contribution in [0.25, 0.3) is 0 Å². The number of hydrogen-bond acceptors (Lipinski definition) is 4. The van der Waals surface area contributed by atoms with Crippen molar-refractivity contribution in [3.63, 3.8) is 0 Å². The molecular formula is C9H13BrClNO2S3. The van der Waals surface area contributed by atoms with Gasteiger partial charge >= 0.3 is 0 Å². The minimum atomic E-state index is -3.40. The molecule has 0 bridgehead atoms. The molecule has 0 fully saturated rings. The molecule has 8 heteroatoms.